The largest absolute Gasteiger partial charge is 0.310 e. The van der Waals surface area contributed by atoms with Gasteiger partial charge < -0.3 is 10.6 Å². The zero-order valence-corrected chi connectivity index (χ0v) is 12.8. The summed E-state index contributed by atoms with van der Waals surface area (Å²) in [6, 6.07) is 11.5. The number of nitriles is 1. The number of rotatable bonds is 4. The lowest BCUT2D eigenvalue weighted by Crippen LogP contribution is -2.40. The van der Waals surface area contributed by atoms with Gasteiger partial charge in [0.25, 0.3) is 0 Å². The third-order valence-corrected chi connectivity index (χ3v) is 5.67. The van der Waals surface area contributed by atoms with Crippen LogP contribution in [0.1, 0.15) is 18.4 Å². The van der Waals surface area contributed by atoms with Crippen molar-refractivity contribution < 1.29 is 8.42 Å². The molecule has 0 spiro atoms. The van der Waals surface area contributed by atoms with Gasteiger partial charge in [0.1, 0.15) is 5.54 Å². The first-order chi connectivity index (χ1) is 9.95. The fraction of sp³-hybridized carbons (Fsp3) is 0.533. The topological polar surface area (TPSA) is 87.2 Å². The molecule has 5 nitrogen and oxygen atoms in total. The molecule has 0 radical (unpaired) electrons. The second kappa shape index (κ2) is 6.56. The second-order valence-corrected chi connectivity index (χ2v) is 7.85. The van der Waals surface area contributed by atoms with Gasteiger partial charge in [0, 0.05) is 13.1 Å². The van der Waals surface area contributed by atoms with Gasteiger partial charge in [-0.3, -0.25) is 0 Å². The maximum atomic E-state index is 11.6. The van der Waals surface area contributed by atoms with Gasteiger partial charge in [-0.25, -0.2) is 8.42 Å². The molecule has 0 amide bonds. The van der Waals surface area contributed by atoms with Crippen molar-refractivity contribution in [3.63, 3.8) is 0 Å². The fourth-order valence-electron chi connectivity index (χ4n) is 2.55. The predicted octanol–water partition coefficient (Wildman–Crippen LogP) is 0.875. The standard InChI is InChI=1S/C15H21N3O2S/c16-13-15(17,14-5-2-1-3-6-14)7-9-18-8-4-11-21(19,20)12-10-18/h1-3,5-6H,4,7-12,17H2. The van der Waals surface area contributed by atoms with Gasteiger partial charge in [-0.1, -0.05) is 30.3 Å². The van der Waals surface area contributed by atoms with Crippen LogP contribution in [0, 0.1) is 11.3 Å². The molecule has 21 heavy (non-hydrogen) atoms. The van der Waals surface area contributed by atoms with Crippen LogP contribution in [0.4, 0.5) is 0 Å². The smallest absolute Gasteiger partial charge is 0.151 e. The Morgan fingerprint density at radius 2 is 1.95 bits per heavy atom. The molecule has 0 aliphatic carbocycles. The summed E-state index contributed by atoms with van der Waals surface area (Å²) in [5, 5.41) is 9.42. The minimum atomic E-state index is -2.90. The summed E-state index contributed by atoms with van der Waals surface area (Å²) in [4.78, 5) is 2.09. The Hall–Kier alpha value is -1.42. The molecule has 6 heteroatoms. The van der Waals surface area contributed by atoms with E-state index in [2.05, 4.69) is 11.0 Å². The second-order valence-electron chi connectivity index (χ2n) is 5.55. The zero-order chi connectivity index (χ0) is 15.3. The predicted molar refractivity (Wildman–Crippen MR) is 82.2 cm³/mol. The molecular formula is C15H21N3O2S. The van der Waals surface area contributed by atoms with Crippen LogP contribution in [0.25, 0.3) is 0 Å². The van der Waals surface area contributed by atoms with Crippen LogP contribution in [0.3, 0.4) is 0 Å². The van der Waals surface area contributed by atoms with E-state index in [1.165, 1.54) is 0 Å². The molecule has 1 fully saturated rings. The average molecular weight is 307 g/mol. The van der Waals surface area contributed by atoms with E-state index in [1.807, 2.05) is 30.3 Å². The summed E-state index contributed by atoms with van der Waals surface area (Å²) >= 11 is 0. The van der Waals surface area contributed by atoms with E-state index < -0.39 is 15.4 Å². The van der Waals surface area contributed by atoms with Gasteiger partial charge in [0.15, 0.2) is 9.84 Å². The van der Waals surface area contributed by atoms with E-state index in [-0.39, 0.29) is 11.5 Å². The third kappa shape index (κ3) is 4.27. The first kappa shape index (κ1) is 16.0. The van der Waals surface area contributed by atoms with Crippen LogP contribution >= 0.6 is 0 Å². The van der Waals surface area contributed by atoms with Crippen molar-refractivity contribution in [3.8, 4) is 6.07 Å². The van der Waals surface area contributed by atoms with E-state index in [0.717, 1.165) is 12.1 Å². The molecule has 2 rings (SSSR count). The van der Waals surface area contributed by atoms with Crippen molar-refractivity contribution in [3.05, 3.63) is 35.9 Å². The highest BCUT2D eigenvalue weighted by Crippen LogP contribution is 2.22. The number of sulfone groups is 1. The average Bonchev–Trinajstić information content (AvgIpc) is 2.66. The highest BCUT2D eigenvalue weighted by atomic mass is 32.2. The minimum Gasteiger partial charge on any atom is -0.310 e. The summed E-state index contributed by atoms with van der Waals surface area (Å²) < 4.78 is 23.2. The van der Waals surface area contributed by atoms with Crippen LogP contribution in [0.15, 0.2) is 30.3 Å². The Balaban J connectivity index is 1.99. The van der Waals surface area contributed by atoms with Gasteiger partial charge >= 0.3 is 0 Å². The van der Waals surface area contributed by atoms with E-state index in [9.17, 15) is 13.7 Å². The summed E-state index contributed by atoms with van der Waals surface area (Å²) in [6.45, 7) is 1.91. The Labute approximate surface area is 126 Å². The van der Waals surface area contributed by atoms with E-state index in [4.69, 9.17) is 5.73 Å². The molecule has 0 bridgehead atoms. The van der Waals surface area contributed by atoms with Crippen LogP contribution in [-0.2, 0) is 15.4 Å². The van der Waals surface area contributed by atoms with Crippen LogP contribution in [-0.4, -0.2) is 44.5 Å². The lowest BCUT2D eigenvalue weighted by Gasteiger charge is -2.26. The third-order valence-electron chi connectivity index (χ3n) is 3.96. The minimum absolute atomic E-state index is 0.197. The summed E-state index contributed by atoms with van der Waals surface area (Å²) in [5.41, 5.74) is 6.00. The van der Waals surface area contributed by atoms with Crippen molar-refractivity contribution in [2.24, 2.45) is 5.73 Å². The normalized spacial score (nSPS) is 21.9. The maximum absolute atomic E-state index is 11.6. The zero-order valence-electron chi connectivity index (χ0n) is 12.0. The fourth-order valence-corrected chi connectivity index (χ4v) is 3.86. The van der Waals surface area contributed by atoms with Crippen molar-refractivity contribution in [2.45, 2.75) is 18.4 Å². The van der Waals surface area contributed by atoms with Crippen molar-refractivity contribution in [2.75, 3.05) is 31.1 Å². The molecule has 1 aliphatic heterocycles. The molecule has 0 aromatic heterocycles. The van der Waals surface area contributed by atoms with Crippen LogP contribution < -0.4 is 5.73 Å². The van der Waals surface area contributed by atoms with Crippen LogP contribution in [0.5, 0.6) is 0 Å². The number of hydrogen-bond donors (Lipinski definition) is 1. The SMILES string of the molecule is N#CC(N)(CCN1CCCS(=O)(=O)CC1)c1ccccc1. The number of hydrogen-bond acceptors (Lipinski definition) is 5. The van der Waals surface area contributed by atoms with Gasteiger partial charge in [-0.15, -0.1) is 0 Å². The molecule has 1 aromatic rings. The molecule has 1 aromatic carbocycles. The molecule has 1 saturated heterocycles. The lowest BCUT2D eigenvalue weighted by atomic mass is 9.89. The Bertz CT molecular complexity index is 610. The van der Waals surface area contributed by atoms with Crippen molar-refractivity contribution >= 4 is 9.84 Å². The Morgan fingerprint density at radius 1 is 1.24 bits per heavy atom. The van der Waals surface area contributed by atoms with Gasteiger partial charge in [-0.2, -0.15) is 5.26 Å². The quantitative estimate of drug-likeness (QED) is 0.892. The van der Waals surface area contributed by atoms with Crippen molar-refractivity contribution in [1.82, 2.24) is 4.90 Å². The Morgan fingerprint density at radius 3 is 2.62 bits per heavy atom. The first-order valence-corrected chi connectivity index (χ1v) is 8.96. The highest BCUT2D eigenvalue weighted by Gasteiger charge is 2.28. The number of nitrogens with zero attached hydrogens (tertiary/aromatic N) is 2. The molecule has 1 aliphatic rings. The summed E-state index contributed by atoms with van der Waals surface area (Å²) in [6.07, 6.45) is 1.14. The van der Waals surface area contributed by atoms with Gasteiger partial charge in [-0.05, 0) is 24.9 Å². The molecule has 1 unspecified atom stereocenters. The molecule has 114 valence electrons. The van der Waals surface area contributed by atoms with E-state index in [0.29, 0.717) is 25.9 Å². The van der Waals surface area contributed by atoms with Gasteiger partial charge in [0.2, 0.25) is 0 Å². The van der Waals surface area contributed by atoms with Gasteiger partial charge in [0.05, 0.1) is 17.6 Å². The summed E-state index contributed by atoms with van der Waals surface area (Å²) in [7, 11) is -2.90. The maximum Gasteiger partial charge on any atom is 0.151 e. The van der Waals surface area contributed by atoms with E-state index >= 15 is 0 Å². The molecule has 1 heterocycles. The number of benzene rings is 1. The van der Waals surface area contributed by atoms with Crippen LogP contribution in [0.2, 0.25) is 0 Å². The highest BCUT2D eigenvalue weighted by molar-refractivity contribution is 7.91. The monoisotopic (exact) mass is 307 g/mol. The first-order valence-electron chi connectivity index (χ1n) is 7.14. The molecule has 1 atom stereocenters. The van der Waals surface area contributed by atoms with E-state index in [1.54, 1.807) is 0 Å². The molecule has 2 N–H and O–H groups in total. The number of nitrogens with two attached hydrogens (primary N) is 1. The molecular weight excluding hydrogens is 286 g/mol. The Kier molecular flexibility index (Phi) is 4.99. The summed E-state index contributed by atoms with van der Waals surface area (Å²) in [5.74, 6) is 0.455. The van der Waals surface area contributed by atoms with Crippen molar-refractivity contribution in [1.29, 1.82) is 5.26 Å². The lowest BCUT2D eigenvalue weighted by molar-refractivity contribution is 0.270. The molecule has 0 saturated carbocycles.